The Labute approximate surface area is 314 Å². The Balaban J connectivity index is 3.14. The van der Waals surface area contributed by atoms with Crippen LogP contribution in [-0.2, 0) is 44.8 Å². The van der Waals surface area contributed by atoms with Crippen LogP contribution in [0.5, 0.6) is 0 Å². The van der Waals surface area contributed by atoms with Crippen LogP contribution >= 0.6 is 0 Å². The summed E-state index contributed by atoms with van der Waals surface area (Å²) in [6, 6.07) is 1.47. The second-order valence-electron chi connectivity index (χ2n) is 13.4. The van der Waals surface area contributed by atoms with E-state index in [1.807, 2.05) is 0 Å². The molecule has 19 nitrogen and oxygen atoms in total. The van der Waals surface area contributed by atoms with Gasteiger partial charge in [-0.1, -0.05) is 44.2 Å². The first kappa shape index (κ1) is 46.9. The molecule has 1 aromatic carbocycles. The highest BCUT2D eigenvalue weighted by Crippen LogP contribution is 2.09. The predicted molar refractivity (Wildman–Crippen MR) is 197 cm³/mol. The molecule has 302 valence electrons. The number of benzene rings is 1. The van der Waals surface area contributed by atoms with E-state index in [0.29, 0.717) is 24.9 Å². The molecular formula is C35H57N9O10. The van der Waals surface area contributed by atoms with Gasteiger partial charge >= 0.3 is 5.97 Å². The molecule has 0 saturated heterocycles. The largest absolute Gasteiger partial charge is 0.480 e. The third-order valence-corrected chi connectivity index (χ3v) is 7.92. The van der Waals surface area contributed by atoms with Crippen LogP contribution in [0.15, 0.2) is 30.3 Å². The van der Waals surface area contributed by atoms with Gasteiger partial charge in [0.2, 0.25) is 41.4 Å². The van der Waals surface area contributed by atoms with Crippen LogP contribution in [-0.4, -0.2) is 120 Å². The number of carbonyl (C=O) groups is 8. The number of carboxylic acids is 1. The maximum absolute atomic E-state index is 13.6. The van der Waals surface area contributed by atoms with Crippen molar-refractivity contribution in [3.05, 3.63) is 35.9 Å². The van der Waals surface area contributed by atoms with Crippen LogP contribution in [0, 0.1) is 5.92 Å². The SMILES string of the molecule is CC(C)CC(NC(=O)C(C)NC(=O)C(C)N)C(=O)NC(C(=O)NC(Cc1ccccc1)C(=O)NCC(=O)NC(CCCCN)C(=O)NCC(=O)O)C(C)O. The van der Waals surface area contributed by atoms with Crippen molar-refractivity contribution in [3.8, 4) is 0 Å². The van der Waals surface area contributed by atoms with Gasteiger partial charge in [-0.25, -0.2) is 0 Å². The molecule has 0 fully saturated rings. The molecule has 19 heteroatoms. The summed E-state index contributed by atoms with van der Waals surface area (Å²) >= 11 is 0. The van der Waals surface area contributed by atoms with Gasteiger partial charge in [-0.05, 0) is 64.5 Å². The number of aliphatic carboxylic acids is 1. The number of amides is 7. The zero-order valence-electron chi connectivity index (χ0n) is 31.5. The number of nitrogens with one attached hydrogen (secondary N) is 7. The summed E-state index contributed by atoms with van der Waals surface area (Å²) in [5.74, 6) is -6.70. The van der Waals surface area contributed by atoms with Crippen LogP contribution in [0.3, 0.4) is 0 Å². The topological polar surface area (TPSA) is 313 Å². The van der Waals surface area contributed by atoms with Crippen molar-refractivity contribution < 1.29 is 48.6 Å². The number of aliphatic hydroxyl groups excluding tert-OH is 1. The lowest BCUT2D eigenvalue weighted by Gasteiger charge is -2.28. The van der Waals surface area contributed by atoms with Gasteiger partial charge in [-0.2, -0.15) is 0 Å². The van der Waals surface area contributed by atoms with E-state index in [1.165, 1.54) is 20.8 Å². The van der Waals surface area contributed by atoms with E-state index in [2.05, 4.69) is 37.2 Å². The lowest BCUT2D eigenvalue weighted by Crippen LogP contribution is -2.61. The molecule has 0 aliphatic rings. The minimum atomic E-state index is -1.59. The summed E-state index contributed by atoms with van der Waals surface area (Å²) < 4.78 is 0. The molecule has 54 heavy (non-hydrogen) atoms. The van der Waals surface area contributed by atoms with Gasteiger partial charge in [0.1, 0.15) is 36.8 Å². The first-order valence-electron chi connectivity index (χ1n) is 17.8. The number of nitrogens with two attached hydrogens (primary N) is 2. The third-order valence-electron chi connectivity index (χ3n) is 7.92. The van der Waals surface area contributed by atoms with Gasteiger partial charge in [-0.3, -0.25) is 38.4 Å². The first-order valence-corrected chi connectivity index (χ1v) is 17.8. The average Bonchev–Trinajstić information content (AvgIpc) is 3.10. The molecule has 0 aromatic heterocycles. The smallest absolute Gasteiger partial charge is 0.322 e. The fraction of sp³-hybridized carbons (Fsp3) is 0.600. The van der Waals surface area contributed by atoms with Crippen LogP contribution in [0.2, 0.25) is 0 Å². The lowest BCUT2D eigenvalue weighted by molar-refractivity contribution is -0.138. The molecule has 0 aliphatic heterocycles. The van der Waals surface area contributed by atoms with E-state index in [4.69, 9.17) is 16.6 Å². The minimum absolute atomic E-state index is 0.0587. The maximum atomic E-state index is 13.6. The fourth-order valence-electron chi connectivity index (χ4n) is 4.97. The van der Waals surface area contributed by atoms with Crippen LogP contribution < -0.4 is 48.7 Å². The van der Waals surface area contributed by atoms with Crippen molar-refractivity contribution in [1.29, 1.82) is 0 Å². The monoisotopic (exact) mass is 763 g/mol. The number of unbranched alkanes of at least 4 members (excludes halogenated alkanes) is 1. The molecule has 0 aliphatic carbocycles. The zero-order valence-corrected chi connectivity index (χ0v) is 31.5. The van der Waals surface area contributed by atoms with Crippen molar-refractivity contribution in [2.75, 3.05) is 19.6 Å². The molecule has 0 spiro atoms. The lowest BCUT2D eigenvalue weighted by atomic mass is 10.0. The normalized spacial score (nSPS) is 14.8. The summed E-state index contributed by atoms with van der Waals surface area (Å²) in [6.45, 7) is 6.77. The highest BCUT2D eigenvalue weighted by Gasteiger charge is 2.33. The maximum Gasteiger partial charge on any atom is 0.322 e. The fourth-order valence-corrected chi connectivity index (χ4v) is 4.97. The molecule has 13 N–H and O–H groups in total. The van der Waals surface area contributed by atoms with Gasteiger partial charge in [-0.15, -0.1) is 0 Å². The predicted octanol–water partition coefficient (Wildman–Crippen LogP) is -3.11. The van der Waals surface area contributed by atoms with Crippen molar-refractivity contribution in [3.63, 3.8) is 0 Å². The summed E-state index contributed by atoms with van der Waals surface area (Å²) in [4.78, 5) is 102. The average molecular weight is 764 g/mol. The van der Waals surface area contributed by atoms with Crippen LogP contribution in [0.4, 0.5) is 0 Å². The van der Waals surface area contributed by atoms with Gasteiger partial charge in [0, 0.05) is 6.42 Å². The van der Waals surface area contributed by atoms with E-state index < -0.39 is 103 Å². The van der Waals surface area contributed by atoms with Crippen LogP contribution in [0.1, 0.15) is 65.9 Å². The van der Waals surface area contributed by atoms with E-state index in [0.717, 1.165) is 0 Å². The van der Waals surface area contributed by atoms with E-state index in [1.54, 1.807) is 44.2 Å². The Morgan fingerprint density at radius 2 is 1.26 bits per heavy atom. The minimum Gasteiger partial charge on any atom is -0.480 e. The van der Waals surface area contributed by atoms with Gasteiger partial charge in [0.15, 0.2) is 0 Å². The number of aliphatic hydroxyl groups is 1. The Morgan fingerprint density at radius 3 is 1.81 bits per heavy atom. The van der Waals surface area contributed by atoms with Gasteiger partial charge in [0.05, 0.1) is 18.7 Å². The quantitative estimate of drug-likeness (QED) is 0.0467. The van der Waals surface area contributed by atoms with E-state index >= 15 is 0 Å². The molecule has 1 rings (SSSR count). The molecule has 0 heterocycles. The number of hydrogen-bond donors (Lipinski definition) is 11. The molecule has 0 bridgehead atoms. The number of hydrogen-bond acceptors (Lipinski definition) is 11. The molecule has 1 aromatic rings. The van der Waals surface area contributed by atoms with Gasteiger partial charge in [0.25, 0.3) is 0 Å². The number of carbonyl (C=O) groups excluding carboxylic acids is 7. The molecule has 7 unspecified atom stereocenters. The standard InChI is InChI=1S/C35H57N9O10/c1-19(2)15-25(42-31(50)21(4)40-30(49)20(3)37)34(53)44-29(22(5)45)35(54)43-26(16-23-11-7-6-8-12-23)33(52)38-17-27(46)41-24(13-9-10-14-36)32(51)39-18-28(47)48/h6-8,11-12,19-22,24-26,29,45H,9-10,13-18,36-37H2,1-5H3,(H,38,52)(H,39,51)(H,40,49)(H,41,46)(H,42,50)(H,43,54)(H,44,53)(H,47,48). The summed E-state index contributed by atoms with van der Waals surface area (Å²) in [5.41, 5.74) is 11.7. The van der Waals surface area contributed by atoms with Crippen molar-refractivity contribution in [2.24, 2.45) is 17.4 Å². The molecule has 0 saturated carbocycles. The highest BCUT2D eigenvalue weighted by molar-refractivity contribution is 5.97. The van der Waals surface area contributed by atoms with Crippen molar-refractivity contribution >= 4 is 47.3 Å². The zero-order chi connectivity index (χ0) is 41.0. The number of rotatable bonds is 24. The molecule has 0 radical (unpaired) electrons. The van der Waals surface area contributed by atoms with E-state index in [-0.39, 0.29) is 25.2 Å². The molecule has 7 amide bonds. The molecular weight excluding hydrogens is 706 g/mol. The highest BCUT2D eigenvalue weighted by atomic mass is 16.4. The van der Waals surface area contributed by atoms with Gasteiger partial charge < -0.3 is 58.9 Å². The summed E-state index contributed by atoms with van der Waals surface area (Å²) in [7, 11) is 0. The van der Waals surface area contributed by atoms with E-state index in [9.17, 15) is 43.5 Å². The third kappa shape index (κ3) is 18.1. The Hall–Kier alpha value is -5.14. The van der Waals surface area contributed by atoms with Crippen molar-refractivity contribution in [2.45, 2.75) is 109 Å². The Kier molecular flexibility index (Phi) is 21.0. The summed E-state index contributed by atoms with van der Waals surface area (Å²) in [5, 5.41) is 36.6. The van der Waals surface area contributed by atoms with Crippen molar-refractivity contribution in [1.82, 2.24) is 37.2 Å². The first-order chi connectivity index (χ1) is 25.4. The Bertz CT molecular complexity index is 1430. The van der Waals surface area contributed by atoms with Crippen LogP contribution in [0.25, 0.3) is 0 Å². The Morgan fingerprint density at radius 1 is 0.667 bits per heavy atom. The molecule has 7 atom stereocenters. The summed E-state index contributed by atoms with van der Waals surface area (Å²) in [6.07, 6.45) is -0.233. The second kappa shape index (κ2) is 24.2. The number of carboxylic acid groups (broad SMARTS) is 1. The second-order valence-corrected chi connectivity index (χ2v) is 13.4.